The van der Waals surface area contributed by atoms with E-state index in [0.29, 0.717) is 5.92 Å². The van der Waals surface area contributed by atoms with Crippen LogP contribution < -0.4 is 0 Å². The Morgan fingerprint density at radius 1 is 0.760 bits per heavy atom. The van der Waals surface area contributed by atoms with Crippen molar-refractivity contribution in [3.63, 3.8) is 0 Å². The molecule has 0 saturated carbocycles. The Kier molecular flexibility index (Phi) is 4.28. The summed E-state index contributed by atoms with van der Waals surface area (Å²) in [6, 6.07) is 24.4. The van der Waals surface area contributed by atoms with E-state index < -0.39 is 0 Å². The molecule has 0 radical (unpaired) electrons. The third-order valence-corrected chi connectivity index (χ3v) is 6.01. The van der Waals surface area contributed by atoms with E-state index >= 15 is 0 Å². The fourth-order valence-corrected chi connectivity index (χ4v) is 4.57. The van der Waals surface area contributed by atoms with Crippen LogP contribution in [-0.4, -0.2) is 0 Å². The summed E-state index contributed by atoms with van der Waals surface area (Å²) < 4.78 is 1.31. The summed E-state index contributed by atoms with van der Waals surface area (Å²) in [6.45, 7) is 6.84. The molecule has 0 saturated heterocycles. The van der Waals surface area contributed by atoms with Crippen molar-refractivity contribution in [2.45, 2.75) is 26.7 Å². The van der Waals surface area contributed by atoms with Crippen LogP contribution in [0.3, 0.4) is 0 Å². The van der Waals surface area contributed by atoms with E-state index in [1.54, 1.807) is 0 Å². The maximum atomic E-state index is 2.48. The van der Waals surface area contributed by atoms with E-state index in [1.165, 1.54) is 47.4 Å². The summed E-state index contributed by atoms with van der Waals surface area (Å²) in [5, 5.41) is 5.39. The van der Waals surface area contributed by atoms with Gasteiger partial charge in [0.05, 0.1) is 0 Å². The number of hydrogen-bond donors (Lipinski definition) is 0. The lowest BCUT2D eigenvalue weighted by molar-refractivity contribution is 0.876. The molecule has 0 atom stereocenters. The minimum absolute atomic E-state index is 0.497. The van der Waals surface area contributed by atoms with Crippen LogP contribution in [0.5, 0.6) is 0 Å². The highest BCUT2D eigenvalue weighted by Crippen LogP contribution is 2.40. The molecule has 0 unspecified atom stereocenters. The van der Waals surface area contributed by atoms with Crippen LogP contribution in [0.1, 0.15) is 30.9 Å². The molecule has 0 spiro atoms. The summed E-state index contributed by atoms with van der Waals surface area (Å²) in [5.41, 5.74) is 5.53. The lowest BCUT2D eigenvalue weighted by atomic mass is 9.86. The van der Waals surface area contributed by atoms with Crippen molar-refractivity contribution < 1.29 is 0 Å². The first-order valence-corrected chi connectivity index (χ1v) is 9.85. The molecule has 0 fully saturated rings. The summed E-state index contributed by atoms with van der Waals surface area (Å²) in [6.07, 6.45) is 0. The molecule has 0 aromatic heterocycles. The zero-order chi connectivity index (χ0) is 17.6. The normalized spacial score (nSPS) is 11.6. The molecule has 0 aliphatic rings. The minimum atomic E-state index is 0.497. The highest BCUT2D eigenvalue weighted by Gasteiger charge is 2.16. The number of rotatable bonds is 2. The molecule has 124 valence electrons. The summed E-state index contributed by atoms with van der Waals surface area (Å²) in [7, 11) is 0. The van der Waals surface area contributed by atoms with Crippen molar-refractivity contribution in [3.05, 3.63) is 81.4 Å². The second-order valence-corrected chi connectivity index (χ2v) is 8.14. The van der Waals surface area contributed by atoms with Crippen molar-refractivity contribution in [1.29, 1.82) is 0 Å². The molecule has 0 aliphatic carbocycles. The van der Waals surface area contributed by atoms with Crippen LogP contribution in [0.4, 0.5) is 0 Å². The lowest BCUT2D eigenvalue weighted by Crippen LogP contribution is -1.96. The van der Waals surface area contributed by atoms with E-state index in [4.69, 9.17) is 0 Å². The van der Waals surface area contributed by atoms with Gasteiger partial charge in [0.1, 0.15) is 0 Å². The monoisotopic (exact) mass is 436 g/mol. The number of halogens is 1. The van der Waals surface area contributed by atoms with Gasteiger partial charge in [-0.1, -0.05) is 68.4 Å². The van der Waals surface area contributed by atoms with Crippen LogP contribution in [0, 0.1) is 10.5 Å². The largest absolute Gasteiger partial charge is 0.0616 e. The van der Waals surface area contributed by atoms with Crippen molar-refractivity contribution >= 4 is 44.1 Å². The van der Waals surface area contributed by atoms with Crippen molar-refractivity contribution in [1.82, 2.24) is 0 Å². The standard InChI is InChI=1S/C24H21I/c1-15(2)21-14-22(16(3)18-9-6-7-11-20(18)21)24-19-10-5-4-8-17(19)12-13-23(24)25/h4-15H,1-3H3. The number of aryl methyl sites for hydroxylation is 1. The van der Waals surface area contributed by atoms with E-state index in [9.17, 15) is 0 Å². The average molecular weight is 436 g/mol. The highest BCUT2D eigenvalue weighted by molar-refractivity contribution is 14.1. The Morgan fingerprint density at radius 3 is 2.12 bits per heavy atom. The maximum Gasteiger partial charge on any atom is 0.0215 e. The van der Waals surface area contributed by atoms with Crippen molar-refractivity contribution in [2.75, 3.05) is 0 Å². The van der Waals surface area contributed by atoms with Gasteiger partial charge >= 0.3 is 0 Å². The predicted molar refractivity (Wildman–Crippen MR) is 118 cm³/mol. The molecule has 0 bridgehead atoms. The molecular weight excluding hydrogens is 415 g/mol. The van der Waals surface area contributed by atoms with Crippen molar-refractivity contribution in [3.8, 4) is 11.1 Å². The van der Waals surface area contributed by atoms with Gasteiger partial charge < -0.3 is 0 Å². The minimum Gasteiger partial charge on any atom is -0.0616 e. The first kappa shape index (κ1) is 16.6. The van der Waals surface area contributed by atoms with Gasteiger partial charge in [0.15, 0.2) is 0 Å². The fourth-order valence-electron chi connectivity index (χ4n) is 3.80. The second kappa shape index (κ2) is 6.45. The highest BCUT2D eigenvalue weighted by atomic mass is 127. The summed E-state index contributed by atoms with van der Waals surface area (Å²) in [5.74, 6) is 0.497. The lowest BCUT2D eigenvalue weighted by Gasteiger charge is -2.19. The van der Waals surface area contributed by atoms with Crippen LogP contribution >= 0.6 is 22.6 Å². The fraction of sp³-hybridized carbons (Fsp3) is 0.167. The van der Waals surface area contributed by atoms with Gasteiger partial charge in [0.2, 0.25) is 0 Å². The Hall–Kier alpha value is -1.87. The van der Waals surface area contributed by atoms with Gasteiger partial charge in [-0.15, -0.1) is 0 Å². The third-order valence-electron chi connectivity index (χ3n) is 5.12. The Balaban J connectivity index is 2.16. The first-order chi connectivity index (χ1) is 12.1. The molecule has 0 N–H and O–H groups in total. The average Bonchev–Trinajstić information content (AvgIpc) is 2.62. The predicted octanol–water partition coefficient (Wildman–Crippen LogP) is 7.70. The number of hydrogen-bond acceptors (Lipinski definition) is 0. The third kappa shape index (κ3) is 2.75. The quantitative estimate of drug-likeness (QED) is 0.283. The Morgan fingerprint density at radius 2 is 1.40 bits per heavy atom. The molecule has 4 aromatic carbocycles. The van der Waals surface area contributed by atoms with E-state index in [2.05, 4.69) is 110 Å². The SMILES string of the molecule is Cc1c(-c2c(I)ccc3ccccc23)cc(C(C)C)c2ccccc12. The van der Waals surface area contributed by atoms with Gasteiger partial charge in [-0.2, -0.15) is 0 Å². The zero-order valence-electron chi connectivity index (χ0n) is 14.8. The van der Waals surface area contributed by atoms with Crippen LogP contribution in [-0.2, 0) is 0 Å². The summed E-state index contributed by atoms with van der Waals surface area (Å²) >= 11 is 2.48. The molecule has 0 amide bonds. The molecule has 0 nitrogen and oxygen atoms in total. The van der Waals surface area contributed by atoms with E-state index in [-0.39, 0.29) is 0 Å². The number of benzene rings is 4. The smallest absolute Gasteiger partial charge is 0.0215 e. The molecule has 0 heterocycles. The molecule has 0 aliphatic heterocycles. The molecule has 1 heteroatoms. The van der Waals surface area contributed by atoms with Gasteiger partial charge in [0, 0.05) is 9.13 Å². The summed E-state index contributed by atoms with van der Waals surface area (Å²) in [4.78, 5) is 0. The van der Waals surface area contributed by atoms with Gasteiger partial charge in [-0.25, -0.2) is 0 Å². The Labute approximate surface area is 163 Å². The molecule has 4 rings (SSSR count). The zero-order valence-corrected chi connectivity index (χ0v) is 17.0. The second-order valence-electron chi connectivity index (χ2n) is 6.98. The number of fused-ring (bicyclic) bond motifs is 2. The van der Waals surface area contributed by atoms with Crippen LogP contribution in [0.15, 0.2) is 66.7 Å². The van der Waals surface area contributed by atoms with E-state index in [0.717, 1.165) is 0 Å². The Bertz CT molecular complexity index is 1090. The van der Waals surface area contributed by atoms with Crippen LogP contribution in [0.25, 0.3) is 32.7 Å². The van der Waals surface area contributed by atoms with Gasteiger partial charge in [-0.3, -0.25) is 0 Å². The molecule has 4 aromatic rings. The van der Waals surface area contributed by atoms with Gasteiger partial charge in [-0.05, 0) is 85.8 Å². The van der Waals surface area contributed by atoms with E-state index in [1.807, 2.05) is 0 Å². The molecule has 25 heavy (non-hydrogen) atoms. The maximum absolute atomic E-state index is 2.48. The molecular formula is C24H21I. The topological polar surface area (TPSA) is 0 Å². The van der Waals surface area contributed by atoms with Crippen molar-refractivity contribution in [2.24, 2.45) is 0 Å². The van der Waals surface area contributed by atoms with Gasteiger partial charge in [0.25, 0.3) is 0 Å². The van der Waals surface area contributed by atoms with Crippen LogP contribution in [0.2, 0.25) is 0 Å². The first-order valence-electron chi connectivity index (χ1n) is 8.78.